The van der Waals surface area contributed by atoms with E-state index in [2.05, 4.69) is 44.8 Å². The molecule has 0 unspecified atom stereocenters. The summed E-state index contributed by atoms with van der Waals surface area (Å²) in [4.78, 5) is 12.8. The molecule has 1 N–H and O–H groups in total. The molecule has 0 radical (unpaired) electrons. The lowest BCUT2D eigenvalue weighted by Gasteiger charge is -2.19. The van der Waals surface area contributed by atoms with Crippen molar-refractivity contribution >= 4 is 16.8 Å². The Morgan fingerprint density at radius 3 is 2.71 bits per heavy atom. The Bertz CT molecular complexity index is 991. The van der Waals surface area contributed by atoms with E-state index in [1.54, 1.807) is 0 Å². The second-order valence-corrected chi connectivity index (χ2v) is 6.75. The average Bonchev–Trinajstić information content (AvgIpc) is 3.27. The first-order chi connectivity index (χ1) is 11.9. The minimum atomic E-state index is 0.604. The lowest BCUT2D eigenvalue weighted by atomic mass is 9.87. The van der Waals surface area contributed by atoms with Gasteiger partial charge in [0.05, 0.1) is 17.4 Å². The van der Waals surface area contributed by atoms with Gasteiger partial charge in [0.1, 0.15) is 0 Å². The molecule has 0 bridgehead atoms. The van der Waals surface area contributed by atoms with Gasteiger partial charge in [0.25, 0.3) is 0 Å². The summed E-state index contributed by atoms with van der Waals surface area (Å²) >= 11 is 0. The fourth-order valence-corrected chi connectivity index (χ4v) is 3.99. The zero-order valence-corrected chi connectivity index (χ0v) is 13.6. The largest absolute Gasteiger partial charge is 0.344 e. The monoisotopic (exact) mass is 316 g/mol. The van der Waals surface area contributed by atoms with Crippen LogP contribution in [0.15, 0.2) is 48.9 Å². The van der Waals surface area contributed by atoms with Crippen molar-refractivity contribution in [2.24, 2.45) is 0 Å². The lowest BCUT2D eigenvalue weighted by Crippen LogP contribution is -2.04. The molecular formula is C20H20N4. The lowest BCUT2D eigenvalue weighted by molar-refractivity contribution is 0.438. The van der Waals surface area contributed by atoms with Gasteiger partial charge in [0, 0.05) is 23.9 Å². The van der Waals surface area contributed by atoms with Crippen LogP contribution in [0.25, 0.3) is 27.9 Å². The van der Waals surface area contributed by atoms with Gasteiger partial charge in [-0.2, -0.15) is 0 Å². The predicted molar refractivity (Wildman–Crippen MR) is 96.1 cm³/mol. The summed E-state index contributed by atoms with van der Waals surface area (Å²) in [7, 11) is 0. The minimum absolute atomic E-state index is 0.604. The normalized spacial score (nSPS) is 16.2. The van der Waals surface area contributed by atoms with Crippen molar-refractivity contribution in [3.8, 4) is 11.1 Å². The molecule has 1 aromatic carbocycles. The van der Waals surface area contributed by atoms with Gasteiger partial charge in [-0.3, -0.25) is 4.40 Å². The number of nitrogens with zero attached hydrogens (tertiary/aromatic N) is 3. The van der Waals surface area contributed by atoms with E-state index in [0.29, 0.717) is 5.92 Å². The van der Waals surface area contributed by atoms with E-state index in [4.69, 9.17) is 4.98 Å². The molecule has 4 nitrogen and oxygen atoms in total. The number of rotatable bonds is 2. The predicted octanol–water partition coefficient (Wildman–Crippen LogP) is 4.93. The van der Waals surface area contributed by atoms with E-state index in [9.17, 15) is 0 Å². The maximum Gasteiger partial charge on any atom is 0.156 e. The van der Waals surface area contributed by atoms with Crippen LogP contribution in [0, 0.1) is 0 Å². The molecule has 5 rings (SSSR count). The number of nitrogens with one attached hydrogen (secondary N) is 1. The number of aromatic nitrogens is 4. The van der Waals surface area contributed by atoms with Crippen LogP contribution in [0.5, 0.6) is 0 Å². The molecule has 120 valence electrons. The van der Waals surface area contributed by atoms with Crippen LogP contribution in [0.1, 0.15) is 43.7 Å². The molecule has 1 saturated carbocycles. The maximum absolute atomic E-state index is 4.89. The highest BCUT2D eigenvalue weighted by molar-refractivity contribution is 5.92. The summed E-state index contributed by atoms with van der Waals surface area (Å²) in [6.45, 7) is 0. The van der Waals surface area contributed by atoms with Crippen LogP contribution in [-0.4, -0.2) is 19.4 Å². The van der Waals surface area contributed by atoms with E-state index in [0.717, 1.165) is 16.8 Å². The molecule has 1 fully saturated rings. The Kier molecular flexibility index (Phi) is 3.15. The smallest absolute Gasteiger partial charge is 0.156 e. The molecular weight excluding hydrogens is 296 g/mol. The topological polar surface area (TPSA) is 46.0 Å². The Morgan fingerprint density at radius 1 is 1.04 bits per heavy atom. The third-order valence-corrected chi connectivity index (χ3v) is 5.24. The van der Waals surface area contributed by atoms with Gasteiger partial charge < -0.3 is 4.98 Å². The summed E-state index contributed by atoms with van der Waals surface area (Å²) < 4.78 is 2.21. The summed E-state index contributed by atoms with van der Waals surface area (Å²) in [5.74, 6) is 0.604. The highest BCUT2D eigenvalue weighted by Gasteiger charge is 2.20. The molecule has 1 aliphatic rings. The Labute approximate surface area is 140 Å². The highest BCUT2D eigenvalue weighted by atomic mass is 15.1. The first kappa shape index (κ1) is 13.8. The van der Waals surface area contributed by atoms with Gasteiger partial charge in [0.2, 0.25) is 0 Å². The number of aromatic amines is 1. The molecule has 4 heteroatoms. The van der Waals surface area contributed by atoms with Gasteiger partial charge in [-0.05, 0) is 18.4 Å². The molecule has 24 heavy (non-hydrogen) atoms. The summed E-state index contributed by atoms with van der Waals surface area (Å²) in [5, 5.41) is 0. The number of hydrogen-bond donors (Lipinski definition) is 1. The average molecular weight is 316 g/mol. The summed E-state index contributed by atoms with van der Waals surface area (Å²) in [6.07, 6.45) is 12.7. The standard InChI is InChI=1S/C20H20N4/c1-3-7-14(8-4-1)16-11-21-20-19(16)24-13-17(23-18(24)12-22-20)15-9-5-2-6-10-15/h1,3-4,7-8,11-13,15,21H,2,5-6,9-10H2. The Hall–Kier alpha value is -2.62. The first-order valence-corrected chi connectivity index (χ1v) is 8.80. The minimum Gasteiger partial charge on any atom is -0.344 e. The van der Waals surface area contributed by atoms with Crippen molar-refractivity contribution in [1.29, 1.82) is 0 Å². The maximum atomic E-state index is 4.89. The molecule has 4 aromatic rings. The van der Waals surface area contributed by atoms with Crippen molar-refractivity contribution in [1.82, 2.24) is 19.4 Å². The highest BCUT2D eigenvalue weighted by Crippen LogP contribution is 2.34. The molecule has 3 heterocycles. The van der Waals surface area contributed by atoms with Crippen molar-refractivity contribution in [2.45, 2.75) is 38.0 Å². The van der Waals surface area contributed by atoms with Crippen LogP contribution in [0.4, 0.5) is 0 Å². The van der Waals surface area contributed by atoms with E-state index >= 15 is 0 Å². The zero-order valence-electron chi connectivity index (χ0n) is 13.6. The number of fused-ring (bicyclic) bond motifs is 3. The first-order valence-electron chi connectivity index (χ1n) is 8.80. The van der Waals surface area contributed by atoms with Gasteiger partial charge in [-0.25, -0.2) is 9.97 Å². The van der Waals surface area contributed by atoms with Crippen LogP contribution in [0.3, 0.4) is 0 Å². The molecule has 0 saturated heterocycles. The van der Waals surface area contributed by atoms with Crippen LogP contribution in [0.2, 0.25) is 0 Å². The summed E-state index contributed by atoms with van der Waals surface area (Å²) in [5.41, 5.74) is 6.58. The Balaban J connectivity index is 1.71. The van der Waals surface area contributed by atoms with Crippen molar-refractivity contribution in [3.05, 3.63) is 54.6 Å². The van der Waals surface area contributed by atoms with Gasteiger partial charge in [0.15, 0.2) is 11.3 Å². The quantitative estimate of drug-likeness (QED) is 0.570. The molecule has 0 spiro atoms. The zero-order chi connectivity index (χ0) is 15.9. The van der Waals surface area contributed by atoms with E-state index < -0.39 is 0 Å². The van der Waals surface area contributed by atoms with Crippen molar-refractivity contribution in [3.63, 3.8) is 0 Å². The Morgan fingerprint density at radius 2 is 1.88 bits per heavy atom. The molecule has 3 aromatic heterocycles. The number of hydrogen-bond acceptors (Lipinski definition) is 2. The third-order valence-electron chi connectivity index (χ3n) is 5.24. The van der Waals surface area contributed by atoms with Crippen LogP contribution >= 0.6 is 0 Å². The second kappa shape index (κ2) is 5.48. The number of H-pyrrole nitrogens is 1. The van der Waals surface area contributed by atoms with Crippen LogP contribution in [-0.2, 0) is 0 Å². The fourth-order valence-electron chi connectivity index (χ4n) is 3.99. The van der Waals surface area contributed by atoms with Crippen LogP contribution < -0.4 is 0 Å². The molecule has 0 aliphatic heterocycles. The third kappa shape index (κ3) is 2.13. The van der Waals surface area contributed by atoms with E-state index in [1.807, 2.05) is 18.5 Å². The summed E-state index contributed by atoms with van der Waals surface area (Å²) in [6, 6.07) is 10.5. The van der Waals surface area contributed by atoms with Gasteiger partial charge >= 0.3 is 0 Å². The number of benzene rings is 1. The molecule has 1 aliphatic carbocycles. The van der Waals surface area contributed by atoms with Crippen molar-refractivity contribution in [2.75, 3.05) is 0 Å². The van der Waals surface area contributed by atoms with Gasteiger partial charge in [-0.1, -0.05) is 49.6 Å². The van der Waals surface area contributed by atoms with E-state index in [1.165, 1.54) is 48.9 Å². The van der Waals surface area contributed by atoms with E-state index in [-0.39, 0.29) is 0 Å². The molecule has 0 atom stereocenters. The van der Waals surface area contributed by atoms with Crippen molar-refractivity contribution < 1.29 is 0 Å². The molecule has 0 amide bonds. The SMILES string of the molecule is c1ccc(-c2c[nH]c3ncc4nc(C5CCCCC5)cn4c23)cc1. The number of imidazole rings is 1. The second-order valence-electron chi connectivity index (χ2n) is 6.75. The van der Waals surface area contributed by atoms with Gasteiger partial charge in [-0.15, -0.1) is 0 Å². The fraction of sp³-hybridized carbons (Fsp3) is 0.300.